The van der Waals surface area contributed by atoms with E-state index in [-0.39, 0.29) is 0 Å². The van der Waals surface area contributed by atoms with E-state index in [2.05, 4.69) is 33.0 Å². The van der Waals surface area contributed by atoms with Gasteiger partial charge in [0.25, 0.3) is 0 Å². The molecule has 3 aromatic heterocycles. The zero-order chi connectivity index (χ0) is 18.1. The van der Waals surface area contributed by atoms with Crippen molar-refractivity contribution in [1.29, 1.82) is 5.26 Å². The highest BCUT2D eigenvalue weighted by Crippen LogP contribution is 2.31. The van der Waals surface area contributed by atoms with E-state index in [1.54, 1.807) is 24.0 Å². The van der Waals surface area contributed by atoms with Gasteiger partial charge in [0.1, 0.15) is 17.6 Å². The number of nitriles is 1. The maximum absolute atomic E-state index is 9.40. The van der Waals surface area contributed by atoms with Crippen molar-refractivity contribution in [3.63, 3.8) is 0 Å². The number of methoxy groups -OCH3 is 1. The zero-order valence-corrected chi connectivity index (χ0v) is 14.9. The Morgan fingerprint density at radius 1 is 1.15 bits per heavy atom. The third kappa shape index (κ3) is 2.85. The second kappa shape index (κ2) is 6.65. The third-order valence-electron chi connectivity index (χ3n) is 4.83. The summed E-state index contributed by atoms with van der Waals surface area (Å²) >= 11 is 0. The quantitative estimate of drug-likeness (QED) is 0.721. The molecule has 3 aromatic rings. The Hall–Kier alpha value is -3.11. The summed E-state index contributed by atoms with van der Waals surface area (Å²) in [6, 6.07) is 8.21. The van der Waals surface area contributed by atoms with Crippen molar-refractivity contribution < 1.29 is 4.74 Å². The summed E-state index contributed by atoms with van der Waals surface area (Å²) in [7, 11) is 3.76. The average Bonchev–Trinajstić information content (AvgIpc) is 3.11. The van der Waals surface area contributed by atoms with Gasteiger partial charge < -0.3 is 14.5 Å². The molecule has 0 spiro atoms. The van der Waals surface area contributed by atoms with Gasteiger partial charge in [-0.05, 0) is 25.2 Å². The van der Waals surface area contributed by atoms with Crippen LogP contribution in [-0.2, 0) is 0 Å². The number of anilines is 1. The maximum atomic E-state index is 9.40. The monoisotopic (exact) mass is 348 g/mol. The van der Waals surface area contributed by atoms with Crippen molar-refractivity contribution in [3.05, 3.63) is 42.4 Å². The molecular formula is C19H20N6O. The second-order valence-electron chi connectivity index (χ2n) is 6.45. The highest BCUT2D eigenvalue weighted by atomic mass is 16.5. The lowest BCUT2D eigenvalue weighted by molar-refractivity contribution is 0.312. The molecule has 0 radical (unpaired) electrons. The van der Waals surface area contributed by atoms with E-state index in [1.165, 1.54) is 0 Å². The normalized spacial score (nSPS) is 15.2. The van der Waals surface area contributed by atoms with Crippen LogP contribution in [0.4, 0.5) is 5.82 Å². The van der Waals surface area contributed by atoms with Crippen LogP contribution in [0.2, 0.25) is 0 Å². The fourth-order valence-electron chi connectivity index (χ4n) is 3.28. The molecule has 0 unspecified atom stereocenters. The van der Waals surface area contributed by atoms with Crippen molar-refractivity contribution in [2.24, 2.45) is 0 Å². The van der Waals surface area contributed by atoms with Crippen LogP contribution in [0, 0.1) is 11.3 Å². The number of aromatic nitrogens is 3. The Kier molecular flexibility index (Phi) is 4.19. The summed E-state index contributed by atoms with van der Waals surface area (Å²) in [5.41, 5.74) is 3.12. The lowest BCUT2D eigenvalue weighted by Gasteiger charge is -2.33. The Morgan fingerprint density at radius 3 is 2.62 bits per heavy atom. The molecule has 1 fully saturated rings. The summed E-state index contributed by atoms with van der Waals surface area (Å²) in [4.78, 5) is 9.28. The third-order valence-corrected chi connectivity index (χ3v) is 4.83. The standard InChI is InChI=1S/C19H20N6O/c1-23-5-7-24(8-6-23)18-4-3-14(11-21-18)17-9-16(26-2)13-25-19(17)15(10-20)12-22-25/h3-4,9,11-13H,5-8H2,1-2H3. The summed E-state index contributed by atoms with van der Waals surface area (Å²) in [5.74, 6) is 1.66. The number of pyridine rings is 2. The van der Waals surface area contributed by atoms with Crippen LogP contribution in [0.5, 0.6) is 5.75 Å². The van der Waals surface area contributed by atoms with Crippen molar-refractivity contribution >= 4 is 11.3 Å². The Labute approximate surface area is 152 Å². The molecule has 26 heavy (non-hydrogen) atoms. The first kappa shape index (κ1) is 16.4. The van der Waals surface area contributed by atoms with Crippen molar-refractivity contribution in [2.75, 3.05) is 45.2 Å². The van der Waals surface area contributed by atoms with Gasteiger partial charge in [0.2, 0.25) is 0 Å². The molecule has 4 heterocycles. The van der Waals surface area contributed by atoms with Crippen LogP contribution in [0.15, 0.2) is 36.8 Å². The van der Waals surface area contributed by atoms with Gasteiger partial charge in [-0.2, -0.15) is 10.4 Å². The molecule has 0 saturated carbocycles. The molecule has 0 amide bonds. The van der Waals surface area contributed by atoms with E-state index < -0.39 is 0 Å². The van der Waals surface area contributed by atoms with E-state index in [0.29, 0.717) is 11.3 Å². The Morgan fingerprint density at radius 2 is 1.96 bits per heavy atom. The van der Waals surface area contributed by atoms with Gasteiger partial charge in [-0.25, -0.2) is 9.50 Å². The lowest BCUT2D eigenvalue weighted by Crippen LogP contribution is -2.44. The number of ether oxygens (including phenoxy) is 1. The summed E-state index contributed by atoms with van der Waals surface area (Å²) in [5, 5.41) is 13.7. The van der Waals surface area contributed by atoms with Crippen LogP contribution in [-0.4, -0.2) is 59.8 Å². The van der Waals surface area contributed by atoms with Gasteiger partial charge >= 0.3 is 0 Å². The van der Waals surface area contributed by atoms with Gasteiger partial charge in [0.15, 0.2) is 0 Å². The predicted octanol–water partition coefficient (Wildman–Crippen LogP) is 2.03. The molecule has 1 aliphatic heterocycles. The second-order valence-corrected chi connectivity index (χ2v) is 6.45. The zero-order valence-electron chi connectivity index (χ0n) is 14.9. The highest BCUT2D eigenvalue weighted by molar-refractivity contribution is 5.85. The number of piperazine rings is 1. The smallest absolute Gasteiger partial charge is 0.137 e. The summed E-state index contributed by atoms with van der Waals surface area (Å²) in [6.07, 6.45) is 5.20. The van der Waals surface area contributed by atoms with Crippen LogP contribution < -0.4 is 9.64 Å². The molecule has 0 N–H and O–H groups in total. The highest BCUT2D eigenvalue weighted by Gasteiger charge is 2.17. The summed E-state index contributed by atoms with van der Waals surface area (Å²) < 4.78 is 7.06. The van der Waals surface area contributed by atoms with Gasteiger partial charge in [0.05, 0.1) is 30.6 Å². The van der Waals surface area contributed by atoms with E-state index >= 15 is 0 Å². The average molecular weight is 348 g/mol. The van der Waals surface area contributed by atoms with Crippen molar-refractivity contribution in [3.8, 4) is 22.9 Å². The molecule has 0 bridgehead atoms. The number of nitrogens with zero attached hydrogens (tertiary/aromatic N) is 6. The number of fused-ring (bicyclic) bond motifs is 1. The van der Waals surface area contributed by atoms with Crippen LogP contribution in [0.25, 0.3) is 16.6 Å². The molecule has 1 aliphatic rings. The minimum Gasteiger partial charge on any atom is -0.495 e. The van der Waals surface area contributed by atoms with Gasteiger partial charge in [-0.3, -0.25) is 0 Å². The molecule has 7 nitrogen and oxygen atoms in total. The van der Waals surface area contributed by atoms with Crippen molar-refractivity contribution in [1.82, 2.24) is 19.5 Å². The van der Waals surface area contributed by atoms with E-state index in [1.807, 2.05) is 24.4 Å². The van der Waals surface area contributed by atoms with E-state index in [4.69, 9.17) is 4.74 Å². The molecule has 4 rings (SSSR count). The van der Waals surface area contributed by atoms with Gasteiger partial charge in [0, 0.05) is 43.5 Å². The van der Waals surface area contributed by atoms with E-state index in [0.717, 1.165) is 48.6 Å². The van der Waals surface area contributed by atoms with Gasteiger partial charge in [-0.1, -0.05) is 0 Å². The topological polar surface area (TPSA) is 69.7 Å². The molecule has 0 atom stereocenters. The molecule has 0 aromatic carbocycles. The van der Waals surface area contributed by atoms with Gasteiger partial charge in [-0.15, -0.1) is 0 Å². The predicted molar refractivity (Wildman–Crippen MR) is 99.4 cm³/mol. The minimum atomic E-state index is 0.533. The molecule has 1 saturated heterocycles. The molecule has 7 heteroatoms. The number of hydrogen-bond acceptors (Lipinski definition) is 6. The Balaban J connectivity index is 1.73. The SMILES string of the molecule is COc1cc(-c2ccc(N3CCN(C)CC3)nc2)c2c(C#N)cnn2c1. The Bertz CT molecular complexity index is 964. The first-order chi connectivity index (χ1) is 12.7. The van der Waals surface area contributed by atoms with E-state index in [9.17, 15) is 5.26 Å². The van der Waals surface area contributed by atoms with Crippen LogP contribution in [0.3, 0.4) is 0 Å². The molecule has 0 aliphatic carbocycles. The fourth-order valence-corrected chi connectivity index (χ4v) is 3.28. The molecule has 132 valence electrons. The summed E-state index contributed by atoms with van der Waals surface area (Å²) in [6.45, 7) is 4.05. The first-order valence-electron chi connectivity index (χ1n) is 8.55. The fraction of sp³-hybridized carbons (Fsp3) is 0.316. The largest absolute Gasteiger partial charge is 0.495 e. The molecular weight excluding hydrogens is 328 g/mol. The maximum Gasteiger partial charge on any atom is 0.137 e. The number of likely N-dealkylation sites (N-methyl/N-ethyl adjacent to an activating group) is 1. The lowest BCUT2D eigenvalue weighted by atomic mass is 10.1. The first-order valence-corrected chi connectivity index (χ1v) is 8.55. The van der Waals surface area contributed by atoms with Crippen molar-refractivity contribution in [2.45, 2.75) is 0 Å². The minimum absolute atomic E-state index is 0.533. The number of hydrogen-bond donors (Lipinski definition) is 0. The van der Waals surface area contributed by atoms with Crippen LogP contribution in [0.1, 0.15) is 5.56 Å². The number of rotatable bonds is 3. The van der Waals surface area contributed by atoms with Crippen LogP contribution >= 0.6 is 0 Å².